The van der Waals surface area contributed by atoms with Crippen LogP contribution in [-0.2, 0) is 6.42 Å². The number of rotatable bonds is 4. The average molecular weight is 218 g/mol. The molecule has 0 saturated heterocycles. The molecule has 0 aliphatic heterocycles. The maximum atomic E-state index is 5.54. The summed E-state index contributed by atoms with van der Waals surface area (Å²) < 4.78 is 5.15. The fourth-order valence-electron chi connectivity index (χ4n) is 1.34. The second-order valence-corrected chi connectivity index (χ2v) is 3.79. The third-order valence-corrected chi connectivity index (χ3v) is 2.33. The number of aromatic nitrogens is 3. The fraction of sp³-hybridized carbons (Fsp3) is 0.364. The monoisotopic (exact) mass is 218 g/mol. The number of nitrogens with zero attached hydrogens (tertiary/aromatic N) is 3. The molecule has 2 aromatic heterocycles. The van der Waals surface area contributed by atoms with E-state index in [1.165, 1.54) is 0 Å². The molecule has 0 radical (unpaired) electrons. The van der Waals surface area contributed by atoms with Gasteiger partial charge >= 0.3 is 0 Å². The van der Waals surface area contributed by atoms with Gasteiger partial charge in [0.2, 0.25) is 11.7 Å². The van der Waals surface area contributed by atoms with Crippen LogP contribution in [0.4, 0.5) is 0 Å². The van der Waals surface area contributed by atoms with Crippen LogP contribution < -0.4 is 5.73 Å². The summed E-state index contributed by atoms with van der Waals surface area (Å²) in [5.41, 5.74) is 6.45. The molecule has 2 rings (SSSR count). The Bertz CT molecular complexity index is 440. The SMILES string of the molecule is CC(CN)Cc1nc(-c2ccncc2)no1. The maximum absolute atomic E-state index is 5.54. The largest absolute Gasteiger partial charge is 0.339 e. The highest BCUT2D eigenvalue weighted by molar-refractivity contribution is 5.52. The van der Waals surface area contributed by atoms with Crippen LogP contribution in [0.2, 0.25) is 0 Å². The van der Waals surface area contributed by atoms with Gasteiger partial charge in [0.15, 0.2) is 0 Å². The van der Waals surface area contributed by atoms with Crippen molar-refractivity contribution >= 4 is 0 Å². The zero-order valence-electron chi connectivity index (χ0n) is 9.13. The average Bonchev–Trinajstić information content (AvgIpc) is 2.78. The first-order valence-corrected chi connectivity index (χ1v) is 5.22. The lowest BCUT2D eigenvalue weighted by Gasteiger charge is -2.01. The Balaban J connectivity index is 2.14. The molecule has 1 atom stereocenters. The van der Waals surface area contributed by atoms with Crippen LogP contribution in [-0.4, -0.2) is 21.7 Å². The summed E-state index contributed by atoms with van der Waals surface area (Å²) in [5.74, 6) is 1.58. The lowest BCUT2D eigenvalue weighted by molar-refractivity contribution is 0.360. The summed E-state index contributed by atoms with van der Waals surface area (Å²) in [6.45, 7) is 2.67. The van der Waals surface area contributed by atoms with Gasteiger partial charge in [-0.3, -0.25) is 4.98 Å². The van der Waals surface area contributed by atoms with Crippen molar-refractivity contribution < 1.29 is 4.52 Å². The summed E-state index contributed by atoms with van der Waals surface area (Å²) in [5, 5.41) is 3.92. The van der Waals surface area contributed by atoms with E-state index in [1.54, 1.807) is 12.4 Å². The molecule has 2 N–H and O–H groups in total. The van der Waals surface area contributed by atoms with Gasteiger partial charge in [0, 0.05) is 24.4 Å². The van der Waals surface area contributed by atoms with Gasteiger partial charge in [-0.05, 0) is 24.6 Å². The van der Waals surface area contributed by atoms with Crippen LogP contribution in [0.15, 0.2) is 29.0 Å². The Morgan fingerprint density at radius 1 is 1.38 bits per heavy atom. The molecule has 0 saturated carbocycles. The van der Waals surface area contributed by atoms with Crippen molar-refractivity contribution in [1.29, 1.82) is 0 Å². The van der Waals surface area contributed by atoms with Crippen molar-refractivity contribution in [1.82, 2.24) is 15.1 Å². The number of hydrogen-bond donors (Lipinski definition) is 1. The number of nitrogens with two attached hydrogens (primary N) is 1. The summed E-state index contributed by atoms with van der Waals surface area (Å²) in [4.78, 5) is 8.24. The van der Waals surface area contributed by atoms with Gasteiger partial charge < -0.3 is 10.3 Å². The van der Waals surface area contributed by atoms with Gasteiger partial charge in [-0.25, -0.2) is 0 Å². The molecular weight excluding hydrogens is 204 g/mol. The molecule has 2 heterocycles. The Morgan fingerprint density at radius 3 is 2.81 bits per heavy atom. The third-order valence-electron chi connectivity index (χ3n) is 2.33. The van der Waals surface area contributed by atoms with Crippen LogP contribution in [0.5, 0.6) is 0 Å². The van der Waals surface area contributed by atoms with Gasteiger partial charge in [0.05, 0.1) is 0 Å². The van der Waals surface area contributed by atoms with Crippen molar-refractivity contribution in [2.75, 3.05) is 6.54 Å². The summed E-state index contributed by atoms with van der Waals surface area (Å²) in [6, 6.07) is 3.70. The molecule has 0 fully saturated rings. The van der Waals surface area contributed by atoms with Crippen LogP contribution in [0, 0.1) is 5.92 Å². The van der Waals surface area contributed by atoms with Gasteiger partial charge in [-0.1, -0.05) is 12.1 Å². The highest BCUT2D eigenvalue weighted by Crippen LogP contribution is 2.15. The molecule has 84 valence electrons. The van der Waals surface area contributed by atoms with E-state index >= 15 is 0 Å². The molecule has 0 bridgehead atoms. The Morgan fingerprint density at radius 2 is 2.12 bits per heavy atom. The molecule has 0 aromatic carbocycles. The van der Waals surface area contributed by atoms with E-state index in [2.05, 4.69) is 22.0 Å². The summed E-state index contributed by atoms with van der Waals surface area (Å²) in [6.07, 6.45) is 4.12. The predicted molar refractivity (Wildman–Crippen MR) is 59.5 cm³/mol. The van der Waals surface area contributed by atoms with E-state index in [4.69, 9.17) is 10.3 Å². The maximum Gasteiger partial charge on any atom is 0.227 e. The lowest BCUT2D eigenvalue weighted by Crippen LogP contribution is -2.13. The fourth-order valence-corrected chi connectivity index (χ4v) is 1.34. The van der Waals surface area contributed by atoms with Gasteiger partial charge in [0.25, 0.3) is 0 Å². The van der Waals surface area contributed by atoms with Crippen LogP contribution in [0.3, 0.4) is 0 Å². The topological polar surface area (TPSA) is 77.8 Å². The minimum absolute atomic E-state index is 0.353. The summed E-state index contributed by atoms with van der Waals surface area (Å²) in [7, 11) is 0. The van der Waals surface area contributed by atoms with E-state index in [-0.39, 0.29) is 0 Å². The standard InChI is InChI=1S/C11H14N4O/c1-8(7-12)6-10-14-11(15-16-10)9-2-4-13-5-3-9/h2-5,8H,6-7,12H2,1H3. The van der Waals surface area contributed by atoms with Gasteiger partial charge in [0.1, 0.15) is 0 Å². The second kappa shape index (κ2) is 4.85. The van der Waals surface area contributed by atoms with Crippen LogP contribution >= 0.6 is 0 Å². The molecule has 1 unspecified atom stereocenters. The molecule has 0 spiro atoms. The predicted octanol–water partition coefficient (Wildman–Crippen LogP) is 1.27. The van der Waals surface area contributed by atoms with E-state index < -0.39 is 0 Å². The van der Waals surface area contributed by atoms with Gasteiger partial charge in [-0.2, -0.15) is 4.98 Å². The van der Waals surface area contributed by atoms with Crippen molar-refractivity contribution in [3.63, 3.8) is 0 Å². The van der Waals surface area contributed by atoms with Crippen molar-refractivity contribution in [3.8, 4) is 11.4 Å². The van der Waals surface area contributed by atoms with Crippen molar-refractivity contribution in [2.45, 2.75) is 13.3 Å². The number of pyridine rings is 1. The van der Waals surface area contributed by atoms with Crippen LogP contribution in [0.25, 0.3) is 11.4 Å². The molecule has 0 amide bonds. The highest BCUT2D eigenvalue weighted by atomic mass is 16.5. The molecule has 5 heteroatoms. The third kappa shape index (κ3) is 2.43. The minimum atomic E-state index is 0.353. The van der Waals surface area contributed by atoms with Gasteiger partial charge in [-0.15, -0.1) is 0 Å². The Hall–Kier alpha value is -1.75. The smallest absolute Gasteiger partial charge is 0.227 e. The van der Waals surface area contributed by atoms with E-state index in [9.17, 15) is 0 Å². The van der Waals surface area contributed by atoms with E-state index in [1.807, 2.05) is 12.1 Å². The van der Waals surface area contributed by atoms with E-state index in [0.29, 0.717) is 30.6 Å². The molecule has 0 aliphatic carbocycles. The zero-order valence-corrected chi connectivity index (χ0v) is 9.13. The normalized spacial score (nSPS) is 12.6. The Labute approximate surface area is 93.7 Å². The number of hydrogen-bond acceptors (Lipinski definition) is 5. The molecule has 0 aliphatic rings. The first-order valence-electron chi connectivity index (χ1n) is 5.22. The molecular formula is C11H14N4O. The molecule has 5 nitrogen and oxygen atoms in total. The first-order chi connectivity index (χ1) is 7.79. The molecule has 2 aromatic rings. The van der Waals surface area contributed by atoms with Crippen LogP contribution in [0.1, 0.15) is 12.8 Å². The Kier molecular flexibility index (Phi) is 3.26. The quantitative estimate of drug-likeness (QED) is 0.836. The van der Waals surface area contributed by atoms with Crippen molar-refractivity contribution in [3.05, 3.63) is 30.4 Å². The second-order valence-electron chi connectivity index (χ2n) is 3.79. The van der Waals surface area contributed by atoms with E-state index in [0.717, 1.165) is 5.56 Å². The van der Waals surface area contributed by atoms with Crippen molar-refractivity contribution in [2.24, 2.45) is 11.7 Å². The highest BCUT2D eigenvalue weighted by Gasteiger charge is 2.10. The summed E-state index contributed by atoms with van der Waals surface area (Å²) >= 11 is 0. The first kappa shape index (κ1) is 10.8. The minimum Gasteiger partial charge on any atom is -0.339 e. The molecule has 16 heavy (non-hydrogen) atoms. The zero-order chi connectivity index (χ0) is 11.4. The lowest BCUT2D eigenvalue weighted by atomic mass is 10.1.